The number of ether oxygens (including phenoxy) is 2. The summed E-state index contributed by atoms with van der Waals surface area (Å²) in [5, 5.41) is 0.500. The largest absolute Gasteiger partial charge is 0.497 e. The van der Waals surface area contributed by atoms with Gasteiger partial charge in [-0.15, -0.1) is 0 Å². The van der Waals surface area contributed by atoms with Gasteiger partial charge in [-0.05, 0) is 17.7 Å². The average molecular weight is 259 g/mol. The van der Waals surface area contributed by atoms with Crippen LogP contribution >= 0.6 is 11.6 Å². The number of benzene rings is 1. The quantitative estimate of drug-likeness (QED) is 0.792. The molecule has 0 bridgehead atoms. The first kappa shape index (κ1) is 13.8. The number of amides is 1. The molecule has 0 aliphatic heterocycles. The molecule has 1 aromatic rings. The number of nitrogens with two attached hydrogens (primary N) is 2. The molecule has 0 aliphatic carbocycles. The van der Waals surface area contributed by atoms with E-state index in [9.17, 15) is 4.79 Å². The van der Waals surface area contributed by atoms with Gasteiger partial charge < -0.3 is 20.9 Å². The molecule has 0 fully saturated rings. The lowest BCUT2D eigenvalue weighted by Gasteiger charge is -2.14. The summed E-state index contributed by atoms with van der Waals surface area (Å²) in [4.78, 5) is 10.5. The van der Waals surface area contributed by atoms with Gasteiger partial charge in [0.25, 0.3) is 0 Å². The molecule has 0 saturated carbocycles. The number of carbonyl (C=O) groups is 1. The lowest BCUT2D eigenvalue weighted by Crippen LogP contribution is -2.23. The summed E-state index contributed by atoms with van der Waals surface area (Å²) in [5.74, 6) is 0.127. The molecule has 4 N–H and O–H groups in total. The van der Waals surface area contributed by atoms with Crippen molar-refractivity contribution in [3.8, 4) is 5.75 Å². The zero-order valence-electron chi connectivity index (χ0n) is 9.48. The summed E-state index contributed by atoms with van der Waals surface area (Å²) in [5.41, 5.74) is 11.5. The Labute approximate surface area is 105 Å². The predicted molar refractivity (Wildman–Crippen MR) is 64.9 cm³/mol. The van der Waals surface area contributed by atoms with Gasteiger partial charge in [-0.1, -0.05) is 17.7 Å². The number of hydrogen-bond acceptors (Lipinski definition) is 4. The van der Waals surface area contributed by atoms with Crippen molar-refractivity contribution in [1.82, 2.24) is 0 Å². The van der Waals surface area contributed by atoms with Crippen LogP contribution in [0.5, 0.6) is 5.75 Å². The zero-order valence-corrected chi connectivity index (χ0v) is 10.2. The van der Waals surface area contributed by atoms with E-state index in [-0.39, 0.29) is 13.2 Å². The lowest BCUT2D eigenvalue weighted by atomic mass is 10.1. The minimum atomic E-state index is -0.530. The minimum Gasteiger partial charge on any atom is -0.497 e. The predicted octanol–water partition coefficient (Wildman–Crippen LogP) is 0.850. The van der Waals surface area contributed by atoms with Crippen molar-refractivity contribution in [2.24, 2.45) is 11.5 Å². The van der Waals surface area contributed by atoms with Gasteiger partial charge in [0.1, 0.15) is 12.4 Å². The van der Waals surface area contributed by atoms with Crippen LogP contribution < -0.4 is 16.2 Å². The van der Waals surface area contributed by atoms with E-state index in [1.807, 2.05) is 0 Å². The fourth-order valence-electron chi connectivity index (χ4n) is 1.31. The van der Waals surface area contributed by atoms with E-state index < -0.39 is 11.9 Å². The maximum Gasteiger partial charge on any atom is 0.243 e. The Bertz CT molecular complexity index is 398. The number of primary amides is 1. The molecule has 0 radical (unpaired) electrons. The van der Waals surface area contributed by atoms with Crippen LogP contribution in [0.3, 0.4) is 0 Å². The van der Waals surface area contributed by atoms with Gasteiger partial charge in [0.2, 0.25) is 5.91 Å². The van der Waals surface area contributed by atoms with Crippen LogP contribution in [0.4, 0.5) is 0 Å². The van der Waals surface area contributed by atoms with Crippen molar-refractivity contribution in [2.75, 3.05) is 20.3 Å². The minimum absolute atomic E-state index is 0.151. The van der Waals surface area contributed by atoms with Crippen molar-refractivity contribution in [3.05, 3.63) is 28.8 Å². The molecule has 1 rings (SSSR count). The smallest absolute Gasteiger partial charge is 0.243 e. The van der Waals surface area contributed by atoms with E-state index in [1.54, 1.807) is 25.3 Å². The van der Waals surface area contributed by atoms with Crippen LogP contribution in [0.1, 0.15) is 11.6 Å². The van der Waals surface area contributed by atoms with Crippen LogP contribution in [0.2, 0.25) is 5.02 Å². The third-order valence-electron chi connectivity index (χ3n) is 2.15. The van der Waals surface area contributed by atoms with E-state index in [0.717, 1.165) is 5.56 Å². The molecule has 6 heteroatoms. The maximum atomic E-state index is 10.5. The Balaban J connectivity index is 2.62. The molecular formula is C11H15ClN2O3. The fraction of sp³-hybridized carbons (Fsp3) is 0.364. The second-order valence-electron chi connectivity index (χ2n) is 3.48. The van der Waals surface area contributed by atoms with E-state index in [0.29, 0.717) is 10.8 Å². The molecule has 0 heterocycles. The van der Waals surface area contributed by atoms with Crippen molar-refractivity contribution >= 4 is 17.5 Å². The summed E-state index contributed by atoms with van der Waals surface area (Å²) < 4.78 is 10.1. The molecule has 5 nitrogen and oxygen atoms in total. The van der Waals surface area contributed by atoms with Crippen molar-refractivity contribution in [3.63, 3.8) is 0 Å². The summed E-state index contributed by atoms with van der Waals surface area (Å²) in [6.45, 7) is 0.0243. The number of halogens is 1. The normalized spacial score (nSPS) is 12.2. The maximum absolute atomic E-state index is 10.5. The number of carbonyl (C=O) groups excluding carboxylic acids is 1. The van der Waals surface area contributed by atoms with Crippen LogP contribution in [0.15, 0.2) is 18.2 Å². The van der Waals surface area contributed by atoms with Gasteiger partial charge in [0.15, 0.2) is 0 Å². The van der Waals surface area contributed by atoms with Crippen LogP contribution in [-0.4, -0.2) is 26.2 Å². The molecule has 1 unspecified atom stereocenters. The first-order valence-corrected chi connectivity index (χ1v) is 5.37. The Hall–Kier alpha value is -1.30. The molecule has 94 valence electrons. The van der Waals surface area contributed by atoms with E-state index in [1.165, 1.54) is 0 Å². The summed E-state index contributed by atoms with van der Waals surface area (Å²) in [6, 6.07) is 4.78. The molecule has 1 amide bonds. The lowest BCUT2D eigenvalue weighted by molar-refractivity contribution is -0.122. The SMILES string of the molecule is COc1ccc(C(N)COCC(N)=O)c(Cl)c1. The molecule has 1 aromatic carbocycles. The van der Waals surface area contributed by atoms with Crippen molar-refractivity contribution in [1.29, 1.82) is 0 Å². The van der Waals surface area contributed by atoms with Gasteiger partial charge in [-0.2, -0.15) is 0 Å². The van der Waals surface area contributed by atoms with Gasteiger partial charge in [0, 0.05) is 5.02 Å². The highest BCUT2D eigenvalue weighted by Gasteiger charge is 2.11. The Morgan fingerprint density at radius 2 is 2.24 bits per heavy atom. The topological polar surface area (TPSA) is 87.6 Å². The summed E-state index contributed by atoms with van der Waals surface area (Å²) in [6.07, 6.45) is 0. The van der Waals surface area contributed by atoms with Crippen molar-refractivity contribution in [2.45, 2.75) is 6.04 Å². The number of rotatable bonds is 6. The van der Waals surface area contributed by atoms with E-state index in [2.05, 4.69) is 0 Å². The second-order valence-corrected chi connectivity index (χ2v) is 3.88. The molecular weight excluding hydrogens is 244 g/mol. The Morgan fingerprint density at radius 3 is 2.76 bits per heavy atom. The summed E-state index contributed by atoms with van der Waals surface area (Å²) >= 11 is 6.04. The number of methoxy groups -OCH3 is 1. The van der Waals surface area contributed by atoms with Crippen molar-refractivity contribution < 1.29 is 14.3 Å². The van der Waals surface area contributed by atoms with Gasteiger partial charge in [0.05, 0.1) is 19.8 Å². The Morgan fingerprint density at radius 1 is 1.53 bits per heavy atom. The first-order valence-electron chi connectivity index (χ1n) is 4.99. The highest BCUT2D eigenvalue weighted by Crippen LogP contribution is 2.26. The zero-order chi connectivity index (χ0) is 12.8. The summed E-state index contributed by atoms with van der Waals surface area (Å²) in [7, 11) is 1.56. The van der Waals surface area contributed by atoms with Crippen LogP contribution in [0, 0.1) is 0 Å². The number of hydrogen-bond donors (Lipinski definition) is 2. The first-order chi connectivity index (χ1) is 8.04. The fourth-order valence-corrected chi connectivity index (χ4v) is 1.62. The molecule has 0 aliphatic rings. The van der Waals surface area contributed by atoms with Gasteiger partial charge >= 0.3 is 0 Å². The van der Waals surface area contributed by atoms with Gasteiger partial charge in [-0.3, -0.25) is 4.79 Å². The van der Waals surface area contributed by atoms with E-state index >= 15 is 0 Å². The molecule has 0 aromatic heterocycles. The monoisotopic (exact) mass is 258 g/mol. The highest BCUT2D eigenvalue weighted by atomic mass is 35.5. The standard InChI is InChI=1S/C11H15ClN2O3/c1-16-7-2-3-8(9(12)4-7)10(13)5-17-6-11(14)15/h2-4,10H,5-6,13H2,1H3,(H2,14,15). The van der Waals surface area contributed by atoms with Gasteiger partial charge in [-0.25, -0.2) is 0 Å². The van der Waals surface area contributed by atoms with E-state index in [4.69, 9.17) is 32.5 Å². The van der Waals surface area contributed by atoms with Crippen LogP contribution in [0.25, 0.3) is 0 Å². The molecule has 0 saturated heterocycles. The third-order valence-corrected chi connectivity index (χ3v) is 2.48. The third kappa shape index (κ3) is 4.22. The second kappa shape index (κ2) is 6.44. The van der Waals surface area contributed by atoms with Crippen LogP contribution in [-0.2, 0) is 9.53 Å². The Kier molecular flexibility index (Phi) is 5.21. The molecule has 0 spiro atoms. The molecule has 17 heavy (non-hydrogen) atoms. The molecule has 1 atom stereocenters. The average Bonchev–Trinajstić information content (AvgIpc) is 2.28. The highest BCUT2D eigenvalue weighted by molar-refractivity contribution is 6.31.